The molecule has 0 saturated heterocycles. The maximum atomic E-state index is 5.26. The molecule has 0 aromatic carbocycles. The molecule has 0 amide bonds. The van der Waals surface area contributed by atoms with Crippen molar-refractivity contribution in [2.45, 2.75) is 25.9 Å². The molecule has 0 aliphatic carbocycles. The molecule has 3 aromatic rings. The Morgan fingerprint density at radius 3 is 2.75 bits per heavy atom. The first-order valence-electron chi connectivity index (χ1n) is 6.52. The van der Waals surface area contributed by atoms with Gasteiger partial charge in [-0.3, -0.25) is 0 Å². The molecule has 0 aliphatic rings. The lowest BCUT2D eigenvalue weighted by atomic mass is 10.1. The SMILES string of the molecule is Cc1cc(CNC(Cc2cccs2)c2cccs2)on1. The molecule has 3 nitrogen and oxygen atoms in total. The second-order valence-electron chi connectivity index (χ2n) is 4.67. The van der Waals surface area contributed by atoms with Crippen LogP contribution in [0.3, 0.4) is 0 Å². The van der Waals surface area contributed by atoms with Crippen LogP contribution in [0, 0.1) is 6.92 Å². The lowest BCUT2D eigenvalue weighted by Gasteiger charge is -2.15. The van der Waals surface area contributed by atoms with Gasteiger partial charge < -0.3 is 9.84 Å². The Morgan fingerprint density at radius 1 is 1.25 bits per heavy atom. The highest BCUT2D eigenvalue weighted by atomic mass is 32.1. The van der Waals surface area contributed by atoms with E-state index in [4.69, 9.17) is 4.52 Å². The molecule has 3 heterocycles. The molecule has 104 valence electrons. The van der Waals surface area contributed by atoms with E-state index >= 15 is 0 Å². The zero-order valence-corrected chi connectivity index (χ0v) is 12.8. The van der Waals surface area contributed by atoms with Crippen molar-refractivity contribution in [2.24, 2.45) is 0 Å². The maximum Gasteiger partial charge on any atom is 0.150 e. The molecule has 1 unspecified atom stereocenters. The molecule has 0 aliphatic heterocycles. The quantitative estimate of drug-likeness (QED) is 0.742. The highest BCUT2D eigenvalue weighted by Gasteiger charge is 2.14. The third kappa shape index (κ3) is 3.36. The topological polar surface area (TPSA) is 38.1 Å². The molecule has 0 bridgehead atoms. The van der Waals surface area contributed by atoms with Gasteiger partial charge in [0.05, 0.1) is 12.2 Å². The summed E-state index contributed by atoms with van der Waals surface area (Å²) in [6.07, 6.45) is 1.01. The minimum atomic E-state index is 0.319. The molecule has 3 rings (SSSR count). The van der Waals surface area contributed by atoms with E-state index in [2.05, 4.69) is 45.5 Å². The summed E-state index contributed by atoms with van der Waals surface area (Å²) in [5.74, 6) is 0.884. The zero-order chi connectivity index (χ0) is 13.8. The summed E-state index contributed by atoms with van der Waals surface area (Å²) >= 11 is 3.59. The summed E-state index contributed by atoms with van der Waals surface area (Å²) in [6.45, 7) is 2.64. The number of rotatable bonds is 6. The van der Waals surface area contributed by atoms with Gasteiger partial charge in [-0.15, -0.1) is 22.7 Å². The Morgan fingerprint density at radius 2 is 2.10 bits per heavy atom. The van der Waals surface area contributed by atoms with E-state index in [0.29, 0.717) is 12.6 Å². The van der Waals surface area contributed by atoms with Gasteiger partial charge in [-0.1, -0.05) is 17.3 Å². The van der Waals surface area contributed by atoms with E-state index in [9.17, 15) is 0 Å². The number of aryl methyl sites for hydroxylation is 1. The zero-order valence-electron chi connectivity index (χ0n) is 11.2. The molecule has 5 heteroatoms. The van der Waals surface area contributed by atoms with E-state index in [1.807, 2.05) is 13.0 Å². The summed E-state index contributed by atoms with van der Waals surface area (Å²) in [5, 5.41) is 11.7. The fourth-order valence-corrected chi connectivity index (χ4v) is 3.67. The number of nitrogens with one attached hydrogen (secondary N) is 1. The number of nitrogens with zero attached hydrogens (tertiary/aromatic N) is 1. The van der Waals surface area contributed by atoms with Crippen LogP contribution >= 0.6 is 22.7 Å². The van der Waals surface area contributed by atoms with Crippen LogP contribution < -0.4 is 5.32 Å². The average Bonchev–Trinajstić information content (AvgIpc) is 3.17. The van der Waals surface area contributed by atoms with Crippen molar-refractivity contribution in [3.05, 3.63) is 62.3 Å². The molecular formula is C15H16N2OS2. The lowest BCUT2D eigenvalue weighted by molar-refractivity contribution is 0.361. The van der Waals surface area contributed by atoms with E-state index in [0.717, 1.165) is 17.9 Å². The van der Waals surface area contributed by atoms with Crippen LogP contribution in [0.15, 0.2) is 45.6 Å². The summed E-state index contributed by atoms with van der Waals surface area (Å²) in [4.78, 5) is 2.75. The van der Waals surface area contributed by atoms with E-state index < -0.39 is 0 Å². The normalized spacial score (nSPS) is 12.7. The van der Waals surface area contributed by atoms with Crippen molar-refractivity contribution in [2.75, 3.05) is 0 Å². The molecule has 3 aromatic heterocycles. The van der Waals surface area contributed by atoms with Gasteiger partial charge in [0.1, 0.15) is 0 Å². The van der Waals surface area contributed by atoms with Crippen molar-refractivity contribution < 1.29 is 4.52 Å². The monoisotopic (exact) mass is 304 g/mol. The largest absolute Gasteiger partial charge is 0.360 e. The first-order chi connectivity index (χ1) is 9.81. The third-order valence-corrected chi connectivity index (χ3v) is 4.96. The molecule has 1 N–H and O–H groups in total. The average molecular weight is 304 g/mol. The molecule has 0 radical (unpaired) electrons. The van der Waals surface area contributed by atoms with Crippen molar-refractivity contribution in [1.29, 1.82) is 0 Å². The number of aromatic nitrogens is 1. The van der Waals surface area contributed by atoms with Crippen LogP contribution in [0.1, 0.15) is 27.3 Å². The third-order valence-electron chi connectivity index (χ3n) is 3.07. The molecule has 0 fully saturated rings. The molecule has 0 saturated carbocycles. The molecule has 20 heavy (non-hydrogen) atoms. The first-order valence-corrected chi connectivity index (χ1v) is 8.28. The van der Waals surface area contributed by atoms with Crippen LogP contribution in [-0.4, -0.2) is 5.16 Å². The minimum Gasteiger partial charge on any atom is -0.360 e. The Balaban J connectivity index is 1.69. The van der Waals surface area contributed by atoms with Gasteiger partial charge in [-0.25, -0.2) is 0 Å². The predicted octanol–water partition coefficient (Wildman–Crippen LogP) is 4.18. The van der Waals surface area contributed by atoms with Crippen LogP contribution in [0.5, 0.6) is 0 Å². The second kappa shape index (κ2) is 6.35. The summed E-state index contributed by atoms with van der Waals surface area (Å²) < 4.78 is 5.26. The number of hydrogen-bond acceptors (Lipinski definition) is 5. The van der Waals surface area contributed by atoms with Gasteiger partial charge in [-0.05, 0) is 29.8 Å². The Kier molecular flexibility index (Phi) is 4.30. The van der Waals surface area contributed by atoms with Crippen LogP contribution in [0.4, 0.5) is 0 Å². The predicted molar refractivity (Wildman–Crippen MR) is 83.2 cm³/mol. The first kappa shape index (κ1) is 13.5. The van der Waals surface area contributed by atoms with Crippen molar-refractivity contribution in [1.82, 2.24) is 10.5 Å². The highest BCUT2D eigenvalue weighted by Crippen LogP contribution is 2.25. The summed E-state index contributed by atoms with van der Waals surface area (Å²) in [6, 6.07) is 10.9. The fraction of sp³-hybridized carbons (Fsp3) is 0.267. The highest BCUT2D eigenvalue weighted by molar-refractivity contribution is 7.10. The van der Waals surface area contributed by atoms with Crippen LogP contribution in [-0.2, 0) is 13.0 Å². The van der Waals surface area contributed by atoms with Gasteiger partial charge in [0.2, 0.25) is 0 Å². The molecule has 1 atom stereocenters. The molecular weight excluding hydrogens is 288 g/mol. The number of thiophene rings is 2. The summed E-state index contributed by atoms with van der Waals surface area (Å²) in [7, 11) is 0. The van der Waals surface area contributed by atoms with Gasteiger partial charge in [0.15, 0.2) is 5.76 Å². The summed E-state index contributed by atoms with van der Waals surface area (Å²) in [5.41, 5.74) is 0.924. The maximum absolute atomic E-state index is 5.26. The van der Waals surface area contributed by atoms with Gasteiger partial charge in [-0.2, -0.15) is 0 Å². The van der Waals surface area contributed by atoms with Gasteiger partial charge >= 0.3 is 0 Å². The van der Waals surface area contributed by atoms with E-state index in [1.165, 1.54) is 9.75 Å². The van der Waals surface area contributed by atoms with E-state index in [-0.39, 0.29) is 0 Å². The van der Waals surface area contributed by atoms with E-state index in [1.54, 1.807) is 22.7 Å². The second-order valence-corrected chi connectivity index (χ2v) is 6.68. The smallest absolute Gasteiger partial charge is 0.150 e. The Hall–Kier alpha value is -1.43. The van der Waals surface area contributed by atoms with Gasteiger partial charge in [0.25, 0.3) is 0 Å². The van der Waals surface area contributed by atoms with Gasteiger partial charge in [0, 0.05) is 28.3 Å². The van der Waals surface area contributed by atoms with Crippen LogP contribution in [0.2, 0.25) is 0 Å². The molecule has 0 spiro atoms. The van der Waals surface area contributed by atoms with Crippen molar-refractivity contribution >= 4 is 22.7 Å². The standard InChI is InChI=1S/C15H16N2OS2/c1-11-8-12(18-17-11)10-16-14(15-5-3-7-20-15)9-13-4-2-6-19-13/h2-8,14,16H,9-10H2,1H3. The van der Waals surface area contributed by atoms with Crippen LogP contribution in [0.25, 0.3) is 0 Å². The lowest BCUT2D eigenvalue weighted by Crippen LogP contribution is -2.21. The Labute approximate surface area is 126 Å². The Bertz CT molecular complexity index is 629. The number of hydrogen-bond donors (Lipinski definition) is 1. The van der Waals surface area contributed by atoms with Crippen molar-refractivity contribution in [3.8, 4) is 0 Å². The fourth-order valence-electron chi connectivity index (χ4n) is 2.12. The minimum absolute atomic E-state index is 0.319. The van der Waals surface area contributed by atoms with Crippen molar-refractivity contribution in [3.63, 3.8) is 0 Å².